The van der Waals surface area contributed by atoms with Gasteiger partial charge in [0.2, 0.25) is 0 Å². The van der Waals surface area contributed by atoms with Gasteiger partial charge in [0.25, 0.3) is 5.91 Å². The number of methoxy groups -OCH3 is 1. The Balaban J connectivity index is 1.60. The highest BCUT2D eigenvalue weighted by molar-refractivity contribution is 6.15. The van der Waals surface area contributed by atoms with E-state index in [2.05, 4.69) is 0 Å². The van der Waals surface area contributed by atoms with E-state index in [0.717, 1.165) is 0 Å². The maximum atomic E-state index is 13.3. The van der Waals surface area contributed by atoms with E-state index in [9.17, 15) is 24.3 Å². The lowest BCUT2D eigenvalue weighted by Gasteiger charge is -2.26. The molecule has 0 unspecified atom stereocenters. The molecule has 35 heavy (non-hydrogen) atoms. The molecule has 1 aliphatic carbocycles. The number of nitrogens with zero attached hydrogens (tertiary/aromatic N) is 1. The lowest BCUT2D eigenvalue weighted by Crippen LogP contribution is -2.38. The lowest BCUT2D eigenvalue weighted by atomic mass is 9.82. The summed E-state index contributed by atoms with van der Waals surface area (Å²) in [4.78, 5) is 51.8. The number of hydrogen-bond donors (Lipinski definition) is 1. The number of aliphatic hydroxyl groups excluding tert-OH is 1. The highest BCUT2D eigenvalue weighted by Crippen LogP contribution is 2.30. The fourth-order valence-corrected chi connectivity index (χ4v) is 4.32. The average Bonchev–Trinajstić information content (AvgIpc) is 2.91. The van der Waals surface area contributed by atoms with Gasteiger partial charge >= 0.3 is 11.9 Å². The maximum absolute atomic E-state index is 13.3. The van der Waals surface area contributed by atoms with Gasteiger partial charge in [-0.1, -0.05) is 48.5 Å². The summed E-state index contributed by atoms with van der Waals surface area (Å²) in [6.07, 6.45) is 2.25. The second kappa shape index (κ2) is 12.8. The fraction of sp³-hybridized carbons (Fsp3) is 0.407. The van der Waals surface area contributed by atoms with Crippen LogP contribution in [0, 0.1) is 11.8 Å². The van der Waals surface area contributed by atoms with Crippen molar-refractivity contribution in [3.8, 4) is 0 Å². The van der Waals surface area contributed by atoms with Crippen LogP contribution < -0.4 is 0 Å². The van der Waals surface area contributed by atoms with Gasteiger partial charge in [-0.15, -0.1) is 0 Å². The minimum absolute atomic E-state index is 0.0314. The lowest BCUT2D eigenvalue weighted by molar-refractivity contribution is -0.154. The first-order valence-corrected chi connectivity index (χ1v) is 11.8. The zero-order valence-corrected chi connectivity index (χ0v) is 19.9. The van der Waals surface area contributed by atoms with Crippen LogP contribution in [0.5, 0.6) is 0 Å². The molecular formula is C27H31NO7. The molecule has 8 heteroatoms. The van der Waals surface area contributed by atoms with Crippen molar-refractivity contribution in [2.24, 2.45) is 11.8 Å². The molecule has 0 spiro atoms. The van der Waals surface area contributed by atoms with Crippen molar-refractivity contribution in [1.29, 1.82) is 0 Å². The van der Waals surface area contributed by atoms with Gasteiger partial charge in [0.15, 0.2) is 5.78 Å². The zero-order chi connectivity index (χ0) is 25.2. The van der Waals surface area contributed by atoms with Crippen LogP contribution in [0.1, 0.15) is 52.0 Å². The molecule has 1 amide bonds. The Morgan fingerprint density at radius 3 is 2.00 bits per heavy atom. The van der Waals surface area contributed by atoms with Crippen molar-refractivity contribution < 1.29 is 33.8 Å². The number of rotatable bonds is 10. The molecule has 0 heterocycles. The van der Waals surface area contributed by atoms with E-state index < -0.39 is 5.91 Å². The normalized spacial score (nSPS) is 17.3. The number of carbonyl (C=O) groups excluding carboxylic acids is 4. The first-order valence-electron chi connectivity index (χ1n) is 11.8. The number of aliphatic hydroxyl groups is 1. The zero-order valence-electron chi connectivity index (χ0n) is 19.9. The summed E-state index contributed by atoms with van der Waals surface area (Å²) in [5, 5.41) is 9.48. The molecule has 1 saturated carbocycles. The minimum Gasteiger partial charge on any atom is -0.469 e. The van der Waals surface area contributed by atoms with Gasteiger partial charge in [0.1, 0.15) is 6.61 Å². The Kier molecular flexibility index (Phi) is 9.55. The van der Waals surface area contributed by atoms with E-state index in [0.29, 0.717) is 31.2 Å². The summed E-state index contributed by atoms with van der Waals surface area (Å²) >= 11 is 0. The fourth-order valence-electron chi connectivity index (χ4n) is 4.32. The molecule has 0 aromatic heterocycles. The summed E-state index contributed by atoms with van der Waals surface area (Å²) in [5.74, 6) is -1.77. The summed E-state index contributed by atoms with van der Waals surface area (Å²) < 4.78 is 10.2. The second-order valence-corrected chi connectivity index (χ2v) is 8.50. The molecular weight excluding hydrogens is 450 g/mol. The highest BCUT2D eigenvalue weighted by atomic mass is 16.5. The summed E-state index contributed by atoms with van der Waals surface area (Å²) in [7, 11) is 1.36. The summed E-state index contributed by atoms with van der Waals surface area (Å²) in [6, 6.07) is 15.2. The highest BCUT2D eigenvalue weighted by Gasteiger charge is 2.31. The molecule has 2 aromatic rings. The van der Waals surface area contributed by atoms with E-state index in [1.54, 1.807) is 48.5 Å². The Hall–Kier alpha value is -3.52. The number of carbonyl (C=O) groups is 4. The third kappa shape index (κ3) is 6.76. The van der Waals surface area contributed by atoms with E-state index in [-0.39, 0.29) is 67.0 Å². The second-order valence-electron chi connectivity index (χ2n) is 8.50. The van der Waals surface area contributed by atoms with E-state index >= 15 is 0 Å². The Bertz CT molecular complexity index is 1030. The van der Waals surface area contributed by atoms with Crippen molar-refractivity contribution in [2.45, 2.75) is 25.7 Å². The molecule has 186 valence electrons. The Labute approximate surface area is 204 Å². The van der Waals surface area contributed by atoms with Gasteiger partial charge in [-0.25, -0.2) is 0 Å². The van der Waals surface area contributed by atoms with Crippen LogP contribution in [0.4, 0.5) is 0 Å². The minimum atomic E-state index is -0.423. The monoisotopic (exact) mass is 481 g/mol. The van der Waals surface area contributed by atoms with Crippen LogP contribution in [0.15, 0.2) is 54.6 Å². The van der Waals surface area contributed by atoms with Gasteiger partial charge in [-0.2, -0.15) is 0 Å². The predicted molar refractivity (Wildman–Crippen MR) is 128 cm³/mol. The average molecular weight is 482 g/mol. The van der Waals surface area contributed by atoms with E-state index in [1.807, 2.05) is 6.07 Å². The first-order chi connectivity index (χ1) is 17.0. The third-order valence-electron chi connectivity index (χ3n) is 6.30. The Morgan fingerprint density at radius 1 is 0.829 bits per heavy atom. The topological polar surface area (TPSA) is 110 Å². The first kappa shape index (κ1) is 26.1. The molecule has 0 radical (unpaired) electrons. The summed E-state index contributed by atoms with van der Waals surface area (Å²) in [6.45, 7) is -0.187. The van der Waals surface area contributed by atoms with E-state index in [1.165, 1.54) is 12.0 Å². The molecule has 0 saturated heterocycles. The maximum Gasteiger partial charge on any atom is 0.308 e. The van der Waals surface area contributed by atoms with Crippen LogP contribution in [-0.2, 0) is 19.1 Å². The number of esters is 2. The molecule has 2 aromatic carbocycles. The van der Waals surface area contributed by atoms with Gasteiger partial charge in [-0.05, 0) is 31.7 Å². The molecule has 0 atom stereocenters. The molecule has 1 fully saturated rings. The van der Waals surface area contributed by atoms with Crippen LogP contribution in [0.2, 0.25) is 0 Å². The van der Waals surface area contributed by atoms with Crippen molar-refractivity contribution >= 4 is 23.6 Å². The number of benzene rings is 2. The molecule has 3 rings (SSSR count). The number of ether oxygens (including phenoxy) is 2. The molecule has 8 nitrogen and oxygen atoms in total. The molecule has 1 aliphatic rings. The number of amides is 1. The predicted octanol–water partition coefficient (Wildman–Crippen LogP) is 2.87. The third-order valence-corrected chi connectivity index (χ3v) is 6.30. The Morgan fingerprint density at radius 2 is 1.40 bits per heavy atom. The smallest absolute Gasteiger partial charge is 0.308 e. The quantitative estimate of drug-likeness (QED) is 0.410. The number of ketones is 1. The van der Waals surface area contributed by atoms with E-state index in [4.69, 9.17) is 9.47 Å². The van der Waals surface area contributed by atoms with Crippen LogP contribution in [0.3, 0.4) is 0 Å². The van der Waals surface area contributed by atoms with Crippen molar-refractivity contribution in [2.75, 3.05) is 33.4 Å². The van der Waals surface area contributed by atoms with Crippen LogP contribution in [0.25, 0.3) is 0 Å². The summed E-state index contributed by atoms with van der Waals surface area (Å²) in [5.41, 5.74) is 0.963. The molecule has 1 N–H and O–H groups in total. The van der Waals surface area contributed by atoms with Gasteiger partial charge in [-0.3, -0.25) is 19.2 Å². The van der Waals surface area contributed by atoms with Crippen LogP contribution >= 0.6 is 0 Å². The van der Waals surface area contributed by atoms with Crippen molar-refractivity contribution in [1.82, 2.24) is 4.90 Å². The van der Waals surface area contributed by atoms with Gasteiger partial charge in [0, 0.05) is 17.7 Å². The van der Waals surface area contributed by atoms with Gasteiger partial charge < -0.3 is 19.5 Å². The standard InChI is InChI=1S/C27H31NO7/c1-34-26(32)20-11-13-21(14-12-20)27(33)35-18-16-28(15-17-29)25(31)23-10-6-5-9-22(23)24(30)19-7-3-2-4-8-19/h2-10,20-21,29H,11-18H2,1H3. The largest absolute Gasteiger partial charge is 0.469 e. The van der Waals surface area contributed by atoms with Crippen molar-refractivity contribution in [3.05, 3.63) is 71.3 Å². The van der Waals surface area contributed by atoms with Crippen molar-refractivity contribution in [3.63, 3.8) is 0 Å². The molecule has 0 bridgehead atoms. The SMILES string of the molecule is COC(=O)C1CCC(C(=O)OCCN(CCO)C(=O)c2ccccc2C(=O)c2ccccc2)CC1. The molecule has 0 aliphatic heterocycles. The van der Waals surface area contributed by atoms with Crippen LogP contribution in [-0.4, -0.2) is 67.0 Å². The number of hydrogen-bond acceptors (Lipinski definition) is 7. The van der Waals surface area contributed by atoms with Gasteiger partial charge in [0.05, 0.1) is 37.7 Å².